The van der Waals surface area contributed by atoms with Crippen LogP contribution in [0.5, 0.6) is 0 Å². The van der Waals surface area contributed by atoms with Crippen LogP contribution >= 0.6 is 0 Å². The van der Waals surface area contributed by atoms with E-state index in [1.54, 1.807) is 12.1 Å². The van der Waals surface area contributed by atoms with Gasteiger partial charge >= 0.3 is 0 Å². The molecule has 1 unspecified atom stereocenters. The van der Waals surface area contributed by atoms with Crippen LogP contribution in [0.15, 0.2) is 18.2 Å². The van der Waals surface area contributed by atoms with Crippen molar-refractivity contribution in [2.75, 3.05) is 7.05 Å². The number of halogens is 2. The van der Waals surface area contributed by atoms with E-state index in [9.17, 15) is 8.78 Å². The van der Waals surface area contributed by atoms with Crippen LogP contribution in [0.2, 0.25) is 0 Å². The largest absolute Gasteiger partial charge is 0.316 e. The summed E-state index contributed by atoms with van der Waals surface area (Å²) >= 11 is 0. The van der Waals surface area contributed by atoms with Crippen molar-refractivity contribution >= 4 is 0 Å². The molecule has 1 saturated carbocycles. The number of hydrogen-bond donors (Lipinski definition) is 1. The molecule has 3 heteroatoms. The summed E-state index contributed by atoms with van der Waals surface area (Å²) in [4.78, 5) is 0. The van der Waals surface area contributed by atoms with E-state index in [0.717, 1.165) is 12.8 Å². The third-order valence-corrected chi connectivity index (χ3v) is 4.80. The lowest BCUT2D eigenvalue weighted by Gasteiger charge is -2.38. The molecular weight excluding hydrogens is 256 g/mol. The first-order valence-corrected chi connectivity index (χ1v) is 7.53. The first-order chi connectivity index (χ1) is 9.43. The summed E-state index contributed by atoms with van der Waals surface area (Å²) in [5, 5.41) is 3.31. The first-order valence-electron chi connectivity index (χ1n) is 7.53. The van der Waals surface area contributed by atoms with Crippen molar-refractivity contribution in [2.45, 2.75) is 52.0 Å². The molecular formula is C17H25F2N. The monoisotopic (exact) mass is 281 g/mol. The van der Waals surface area contributed by atoms with Gasteiger partial charge < -0.3 is 5.32 Å². The molecule has 0 heterocycles. The van der Waals surface area contributed by atoms with Gasteiger partial charge in [0.2, 0.25) is 0 Å². The van der Waals surface area contributed by atoms with Gasteiger partial charge in [-0.25, -0.2) is 8.78 Å². The van der Waals surface area contributed by atoms with Crippen LogP contribution in [0.1, 0.15) is 45.1 Å². The Morgan fingerprint density at radius 1 is 1.25 bits per heavy atom. The van der Waals surface area contributed by atoms with Gasteiger partial charge in [-0.05, 0) is 62.1 Å². The Kier molecular flexibility index (Phi) is 4.79. The van der Waals surface area contributed by atoms with E-state index < -0.39 is 11.6 Å². The van der Waals surface area contributed by atoms with Gasteiger partial charge in [-0.1, -0.05) is 26.0 Å². The molecule has 1 fully saturated rings. The van der Waals surface area contributed by atoms with Crippen molar-refractivity contribution < 1.29 is 8.78 Å². The smallest absolute Gasteiger partial charge is 0.162 e. The molecule has 0 aliphatic heterocycles. The Morgan fingerprint density at radius 3 is 2.50 bits per heavy atom. The number of likely N-dealkylation sites (N-methyl/N-ethyl adjacent to an activating group) is 1. The molecule has 0 amide bonds. The first kappa shape index (κ1) is 15.4. The SMILES string of the molecule is CNC(Cc1cccc(F)c1F)C1CCC(C)(C)CC1. The van der Waals surface area contributed by atoms with Crippen molar-refractivity contribution in [3.05, 3.63) is 35.4 Å². The number of nitrogens with one attached hydrogen (secondary N) is 1. The molecule has 0 spiro atoms. The van der Waals surface area contributed by atoms with E-state index in [1.807, 2.05) is 7.05 Å². The van der Waals surface area contributed by atoms with Crippen LogP contribution in [-0.4, -0.2) is 13.1 Å². The fourth-order valence-corrected chi connectivity index (χ4v) is 3.27. The van der Waals surface area contributed by atoms with Gasteiger partial charge in [-0.3, -0.25) is 0 Å². The molecule has 2 rings (SSSR count). The summed E-state index contributed by atoms with van der Waals surface area (Å²) < 4.78 is 27.1. The van der Waals surface area contributed by atoms with Gasteiger partial charge in [0.15, 0.2) is 11.6 Å². The standard InChI is InChI=1S/C17H25F2N/c1-17(2)9-7-12(8-10-17)15(20-3)11-13-5-4-6-14(18)16(13)19/h4-6,12,15,20H,7-11H2,1-3H3. The molecule has 0 aromatic heterocycles. The molecule has 1 atom stereocenters. The summed E-state index contributed by atoms with van der Waals surface area (Å²) in [6, 6.07) is 4.68. The van der Waals surface area contributed by atoms with Gasteiger partial charge in [0.25, 0.3) is 0 Å². The number of hydrogen-bond acceptors (Lipinski definition) is 1. The van der Waals surface area contributed by atoms with E-state index in [1.165, 1.54) is 18.9 Å². The van der Waals surface area contributed by atoms with Crippen molar-refractivity contribution in [1.82, 2.24) is 5.32 Å². The van der Waals surface area contributed by atoms with Gasteiger partial charge in [-0.2, -0.15) is 0 Å². The van der Waals surface area contributed by atoms with Crippen LogP contribution in [0.4, 0.5) is 8.78 Å². The van der Waals surface area contributed by atoms with Crippen molar-refractivity contribution in [2.24, 2.45) is 11.3 Å². The quantitative estimate of drug-likeness (QED) is 0.867. The van der Waals surface area contributed by atoms with E-state index >= 15 is 0 Å². The maximum absolute atomic E-state index is 13.8. The lowest BCUT2D eigenvalue weighted by Crippen LogP contribution is -2.39. The van der Waals surface area contributed by atoms with E-state index in [0.29, 0.717) is 23.3 Å². The lowest BCUT2D eigenvalue weighted by molar-refractivity contribution is 0.163. The number of benzene rings is 1. The zero-order chi connectivity index (χ0) is 14.8. The molecule has 1 aromatic carbocycles. The van der Waals surface area contributed by atoms with Gasteiger partial charge in [0, 0.05) is 6.04 Å². The Balaban J connectivity index is 2.04. The Labute approximate surface area is 120 Å². The number of rotatable bonds is 4. The van der Waals surface area contributed by atoms with Crippen LogP contribution < -0.4 is 5.32 Å². The average molecular weight is 281 g/mol. The Morgan fingerprint density at radius 2 is 1.90 bits per heavy atom. The lowest BCUT2D eigenvalue weighted by atomic mass is 9.70. The third-order valence-electron chi connectivity index (χ3n) is 4.80. The highest BCUT2D eigenvalue weighted by Gasteiger charge is 2.31. The summed E-state index contributed by atoms with van der Waals surface area (Å²) in [6.45, 7) is 4.62. The molecule has 1 N–H and O–H groups in total. The van der Waals surface area contributed by atoms with Crippen molar-refractivity contribution in [3.63, 3.8) is 0 Å². The van der Waals surface area contributed by atoms with E-state index in [4.69, 9.17) is 0 Å². The molecule has 1 nitrogen and oxygen atoms in total. The summed E-state index contributed by atoms with van der Waals surface area (Å²) in [5.41, 5.74) is 0.910. The van der Waals surface area contributed by atoms with Crippen molar-refractivity contribution in [3.8, 4) is 0 Å². The fraction of sp³-hybridized carbons (Fsp3) is 0.647. The van der Waals surface area contributed by atoms with Crippen molar-refractivity contribution in [1.29, 1.82) is 0 Å². The predicted molar refractivity (Wildman–Crippen MR) is 78.6 cm³/mol. The second kappa shape index (κ2) is 6.21. The average Bonchev–Trinajstić information content (AvgIpc) is 2.41. The summed E-state index contributed by atoms with van der Waals surface area (Å²) in [5.74, 6) is -0.887. The zero-order valence-corrected chi connectivity index (χ0v) is 12.7. The maximum atomic E-state index is 13.8. The fourth-order valence-electron chi connectivity index (χ4n) is 3.27. The Hall–Kier alpha value is -0.960. The van der Waals surface area contributed by atoms with Gasteiger partial charge in [-0.15, -0.1) is 0 Å². The molecule has 112 valence electrons. The van der Waals surface area contributed by atoms with Crippen LogP contribution in [0.3, 0.4) is 0 Å². The second-order valence-electron chi connectivity index (χ2n) is 6.81. The van der Waals surface area contributed by atoms with Crippen LogP contribution in [-0.2, 0) is 6.42 Å². The molecule has 1 aliphatic carbocycles. The van der Waals surface area contributed by atoms with Gasteiger partial charge in [0.05, 0.1) is 0 Å². The van der Waals surface area contributed by atoms with Gasteiger partial charge in [0.1, 0.15) is 0 Å². The van der Waals surface area contributed by atoms with E-state index in [2.05, 4.69) is 19.2 Å². The predicted octanol–water partition coefficient (Wildman–Crippen LogP) is 4.31. The molecule has 20 heavy (non-hydrogen) atoms. The zero-order valence-electron chi connectivity index (χ0n) is 12.7. The topological polar surface area (TPSA) is 12.0 Å². The molecule has 1 aliphatic rings. The highest BCUT2D eigenvalue weighted by Crippen LogP contribution is 2.39. The minimum absolute atomic E-state index is 0.224. The van der Waals surface area contributed by atoms with Crippen LogP contribution in [0, 0.1) is 23.0 Å². The summed E-state index contributed by atoms with van der Waals surface area (Å²) in [7, 11) is 1.92. The maximum Gasteiger partial charge on any atom is 0.162 e. The normalized spacial score (nSPS) is 20.9. The highest BCUT2D eigenvalue weighted by molar-refractivity contribution is 5.20. The minimum atomic E-state index is -0.748. The molecule has 0 saturated heterocycles. The van der Waals surface area contributed by atoms with Crippen LogP contribution in [0.25, 0.3) is 0 Å². The molecule has 0 radical (unpaired) electrons. The molecule has 0 bridgehead atoms. The second-order valence-corrected chi connectivity index (χ2v) is 6.81. The minimum Gasteiger partial charge on any atom is -0.316 e. The third kappa shape index (κ3) is 3.57. The Bertz CT molecular complexity index is 446. The highest BCUT2D eigenvalue weighted by atomic mass is 19.2. The summed E-state index contributed by atoms with van der Waals surface area (Å²) in [6.07, 6.45) is 5.30. The van der Waals surface area contributed by atoms with E-state index in [-0.39, 0.29) is 6.04 Å². The molecule has 1 aromatic rings.